The minimum atomic E-state index is -0.604. The Kier molecular flexibility index (Phi) is 3.13. The number of nitro groups is 1. The normalized spacial score (nSPS) is 9.33. The summed E-state index contributed by atoms with van der Waals surface area (Å²) in [4.78, 5) is 20.6. The molecule has 0 heterocycles. The number of rotatable bonds is 3. The lowest BCUT2D eigenvalue weighted by molar-refractivity contribution is -0.385. The molecule has 0 aliphatic rings. The van der Waals surface area contributed by atoms with Crippen LogP contribution in [0.5, 0.6) is 0 Å². The van der Waals surface area contributed by atoms with Crippen molar-refractivity contribution < 1.29 is 9.72 Å². The number of nitro benzene ring substituents is 1. The lowest BCUT2D eigenvalue weighted by Crippen LogP contribution is -1.98. The van der Waals surface area contributed by atoms with Crippen molar-refractivity contribution in [1.29, 1.82) is 5.26 Å². The molecule has 1 rings (SSSR count). The summed E-state index contributed by atoms with van der Waals surface area (Å²) >= 11 is 0. The molecule has 15 heavy (non-hydrogen) atoms. The van der Waals surface area contributed by atoms with Crippen molar-refractivity contribution in [3.8, 4) is 6.07 Å². The molecular formula is C10H8N2O3. The van der Waals surface area contributed by atoms with E-state index in [2.05, 4.69) is 0 Å². The van der Waals surface area contributed by atoms with Gasteiger partial charge in [0.15, 0.2) is 6.29 Å². The predicted octanol–water partition coefficient (Wildman–Crippen LogP) is 1.78. The maximum atomic E-state index is 10.6. The summed E-state index contributed by atoms with van der Waals surface area (Å²) in [5.74, 6) is 0. The standard InChI is InChI=1S/C10H8N2O3/c1-7-4-10(12(14)15)9(6-13)5-8(7)2-3-11/h4-6H,2H2,1H3. The number of carbonyl (C=O) groups is 1. The molecule has 76 valence electrons. The van der Waals surface area contributed by atoms with Crippen LogP contribution in [0.4, 0.5) is 5.69 Å². The first-order chi connectivity index (χ1) is 7.10. The lowest BCUT2D eigenvalue weighted by Gasteiger charge is -2.03. The Morgan fingerprint density at radius 2 is 2.27 bits per heavy atom. The van der Waals surface area contributed by atoms with Crippen molar-refractivity contribution in [1.82, 2.24) is 0 Å². The van der Waals surface area contributed by atoms with Gasteiger partial charge in [-0.2, -0.15) is 5.26 Å². The van der Waals surface area contributed by atoms with Gasteiger partial charge >= 0.3 is 0 Å². The SMILES string of the molecule is Cc1cc([N+](=O)[O-])c(C=O)cc1CC#N. The van der Waals surface area contributed by atoms with Crippen molar-refractivity contribution in [3.05, 3.63) is 38.9 Å². The molecule has 1 aromatic carbocycles. The first-order valence-electron chi connectivity index (χ1n) is 4.20. The van der Waals surface area contributed by atoms with E-state index in [1.807, 2.05) is 6.07 Å². The van der Waals surface area contributed by atoms with E-state index in [4.69, 9.17) is 5.26 Å². The first kappa shape index (κ1) is 10.9. The van der Waals surface area contributed by atoms with E-state index in [1.54, 1.807) is 6.92 Å². The zero-order valence-electron chi connectivity index (χ0n) is 8.06. The second kappa shape index (κ2) is 4.33. The zero-order valence-corrected chi connectivity index (χ0v) is 8.06. The second-order valence-corrected chi connectivity index (χ2v) is 3.05. The molecule has 0 spiro atoms. The van der Waals surface area contributed by atoms with Gasteiger partial charge in [-0.05, 0) is 24.1 Å². The fourth-order valence-electron chi connectivity index (χ4n) is 1.28. The van der Waals surface area contributed by atoms with Crippen LogP contribution in [0.3, 0.4) is 0 Å². The summed E-state index contributed by atoms with van der Waals surface area (Å²) in [6, 6.07) is 4.65. The third-order valence-electron chi connectivity index (χ3n) is 2.08. The topological polar surface area (TPSA) is 84.0 Å². The molecule has 0 aliphatic heterocycles. The number of aldehydes is 1. The maximum Gasteiger partial charge on any atom is 0.280 e. The summed E-state index contributed by atoms with van der Waals surface area (Å²) < 4.78 is 0. The van der Waals surface area contributed by atoms with Gasteiger partial charge in [0.25, 0.3) is 5.69 Å². The van der Waals surface area contributed by atoms with E-state index in [0.29, 0.717) is 17.4 Å². The minimum Gasteiger partial charge on any atom is -0.298 e. The van der Waals surface area contributed by atoms with Crippen molar-refractivity contribution in [2.24, 2.45) is 0 Å². The fraction of sp³-hybridized carbons (Fsp3) is 0.200. The van der Waals surface area contributed by atoms with Crippen molar-refractivity contribution >= 4 is 12.0 Å². The van der Waals surface area contributed by atoms with Crippen LogP contribution >= 0.6 is 0 Å². The molecule has 0 saturated carbocycles. The van der Waals surface area contributed by atoms with Gasteiger partial charge in [0.05, 0.1) is 23.0 Å². The average molecular weight is 204 g/mol. The van der Waals surface area contributed by atoms with Crippen LogP contribution in [0, 0.1) is 28.4 Å². The number of nitrogens with zero attached hydrogens (tertiary/aromatic N) is 2. The molecule has 0 fully saturated rings. The molecule has 0 unspecified atom stereocenters. The molecule has 1 aromatic rings. The highest BCUT2D eigenvalue weighted by Gasteiger charge is 2.15. The van der Waals surface area contributed by atoms with Crippen LogP contribution in [0.2, 0.25) is 0 Å². The van der Waals surface area contributed by atoms with Gasteiger partial charge in [-0.25, -0.2) is 0 Å². The first-order valence-corrected chi connectivity index (χ1v) is 4.20. The van der Waals surface area contributed by atoms with Crippen LogP contribution < -0.4 is 0 Å². The number of carbonyl (C=O) groups excluding carboxylic acids is 1. The predicted molar refractivity (Wildman–Crippen MR) is 52.5 cm³/mol. The molecule has 5 nitrogen and oxygen atoms in total. The molecule has 0 aromatic heterocycles. The van der Waals surface area contributed by atoms with E-state index < -0.39 is 4.92 Å². The van der Waals surface area contributed by atoms with E-state index in [-0.39, 0.29) is 17.7 Å². The van der Waals surface area contributed by atoms with Crippen LogP contribution in [0.15, 0.2) is 12.1 Å². The highest BCUT2D eigenvalue weighted by atomic mass is 16.6. The smallest absolute Gasteiger partial charge is 0.280 e. The second-order valence-electron chi connectivity index (χ2n) is 3.05. The van der Waals surface area contributed by atoms with Crippen LogP contribution in [0.25, 0.3) is 0 Å². The van der Waals surface area contributed by atoms with Gasteiger partial charge in [0.2, 0.25) is 0 Å². The molecule has 0 amide bonds. The number of nitriles is 1. The van der Waals surface area contributed by atoms with E-state index in [1.165, 1.54) is 12.1 Å². The molecule has 0 atom stereocenters. The van der Waals surface area contributed by atoms with Crippen LogP contribution in [0.1, 0.15) is 21.5 Å². The Labute approximate surface area is 86.1 Å². The fourth-order valence-corrected chi connectivity index (χ4v) is 1.28. The summed E-state index contributed by atoms with van der Waals surface area (Å²) in [6.07, 6.45) is 0.573. The lowest BCUT2D eigenvalue weighted by atomic mass is 10.0. The number of hydrogen-bond acceptors (Lipinski definition) is 4. The molecular weight excluding hydrogens is 196 g/mol. The van der Waals surface area contributed by atoms with E-state index in [0.717, 1.165) is 0 Å². The third-order valence-corrected chi connectivity index (χ3v) is 2.08. The van der Waals surface area contributed by atoms with Crippen molar-refractivity contribution in [3.63, 3.8) is 0 Å². The van der Waals surface area contributed by atoms with Crippen molar-refractivity contribution in [2.75, 3.05) is 0 Å². The van der Waals surface area contributed by atoms with Gasteiger partial charge in [-0.1, -0.05) is 0 Å². The quantitative estimate of drug-likeness (QED) is 0.426. The van der Waals surface area contributed by atoms with Gasteiger partial charge in [-0.15, -0.1) is 0 Å². The van der Waals surface area contributed by atoms with Gasteiger partial charge in [0.1, 0.15) is 0 Å². The Morgan fingerprint density at radius 1 is 1.60 bits per heavy atom. The monoisotopic (exact) mass is 204 g/mol. The highest BCUT2D eigenvalue weighted by molar-refractivity contribution is 5.82. The Morgan fingerprint density at radius 3 is 2.73 bits per heavy atom. The Hall–Kier alpha value is -2.22. The Bertz CT molecular complexity index is 460. The summed E-state index contributed by atoms with van der Waals surface area (Å²) in [5, 5.41) is 19.1. The molecule has 0 N–H and O–H groups in total. The van der Waals surface area contributed by atoms with E-state index in [9.17, 15) is 14.9 Å². The average Bonchev–Trinajstić information content (AvgIpc) is 2.20. The molecule has 0 bridgehead atoms. The molecule has 0 saturated heterocycles. The number of hydrogen-bond donors (Lipinski definition) is 0. The molecule has 0 radical (unpaired) electrons. The third kappa shape index (κ3) is 2.17. The Balaban J connectivity index is 3.36. The van der Waals surface area contributed by atoms with Crippen LogP contribution in [-0.2, 0) is 6.42 Å². The summed E-state index contributed by atoms with van der Waals surface area (Å²) in [5.41, 5.74) is 1.08. The van der Waals surface area contributed by atoms with Gasteiger partial charge < -0.3 is 0 Å². The highest BCUT2D eigenvalue weighted by Crippen LogP contribution is 2.22. The number of benzene rings is 1. The summed E-state index contributed by atoms with van der Waals surface area (Å²) in [6.45, 7) is 1.67. The minimum absolute atomic E-state index is 0.0100. The van der Waals surface area contributed by atoms with Crippen LogP contribution in [-0.4, -0.2) is 11.2 Å². The zero-order chi connectivity index (χ0) is 11.4. The van der Waals surface area contributed by atoms with Crippen molar-refractivity contribution in [2.45, 2.75) is 13.3 Å². The van der Waals surface area contributed by atoms with Gasteiger partial charge in [0, 0.05) is 6.07 Å². The van der Waals surface area contributed by atoms with E-state index >= 15 is 0 Å². The summed E-state index contributed by atoms with van der Waals surface area (Å²) in [7, 11) is 0. The van der Waals surface area contributed by atoms with Gasteiger partial charge in [-0.3, -0.25) is 14.9 Å². The maximum absolute atomic E-state index is 10.6. The number of aryl methyl sites for hydroxylation is 1. The molecule has 0 aliphatic carbocycles. The molecule has 5 heteroatoms. The largest absolute Gasteiger partial charge is 0.298 e.